The molecule has 0 amide bonds. The fourth-order valence-corrected chi connectivity index (χ4v) is 4.14. The molecule has 0 spiro atoms. The van der Waals surface area contributed by atoms with Crippen LogP contribution in [-0.2, 0) is 28.5 Å². The number of hydrogen-bond donors (Lipinski definition) is 1. The van der Waals surface area contributed by atoms with Crippen LogP contribution in [0.15, 0.2) is 0 Å². The van der Waals surface area contributed by atoms with Crippen LogP contribution < -0.4 is 0 Å². The monoisotopic (exact) mass is 532 g/mol. The molecule has 0 aromatic heterocycles. The Morgan fingerprint density at radius 2 is 0.676 bits per heavy atom. The normalized spacial score (nSPS) is 11.4. The number of aliphatic carboxylic acids is 1. The molecule has 0 aliphatic heterocycles. The van der Waals surface area contributed by atoms with Gasteiger partial charge in [0.25, 0.3) is 0 Å². The van der Waals surface area contributed by atoms with E-state index in [2.05, 4.69) is 6.92 Å². The van der Waals surface area contributed by atoms with Crippen LogP contribution in [0.2, 0.25) is 0 Å². The third kappa shape index (κ3) is 35.3. The molecule has 222 valence electrons. The maximum atomic E-state index is 10.3. The molecule has 0 saturated carbocycles. The zero-order valence-electron chi connectivity index (χ0n) is 24.2. The lowest BCUT2D eigenvalue weighted by molar-refractivity contribution is -0.142. The Hall–Kier alpha value is -0.730. The SMILES string of the molecule is CCCCCCCCCCCCCCCCCCCCOCCOCCOCCOCCOCC(=O)O. The van der Waals surface area contributed by atoms with E-state index in [0.29, 0.717) is 46.2 Å². The van der Waals surface area contributed by atoms with Crippen molar-refractivity contribution in [2.75, 3.05) is 66.1 Å². The summed E-state index contributed by atoms with van der Waals surface area (Å²) in [5.74, 6) is -0.973. The number of hydrogen-bond acceptors (Lipinski definition) is 6. The number of rotatable bonds is 33. The van der Waals surface area contributed by atoms with Gasteiger partial charge >= 0.3 is 5.97 Å². The van der Waals surface area contributed by atoms with Gasteiger partial charge < -0.3 is 28.8 Å². The van der Waals surface area contributed by atoms with Gasteiger partial charge in [-0.1, -0.05) is 116 Å². The summed E-state index contributed by atoms with van der Waals surface area (Å²) < 4.78 is 26.7. The smallest absolute Gasteiger partial charge is 0.329 e. The summed E-state index contributed by atoms with van der Waals surface area (Å²) in [4.78, 5) is 10.3. The van der Waals surface area contributed by atoms with Gasteiger partial charge in [-0.15, -0.1) is 0 Å². The molecule has 0 saturated heterocycles. The Morgan fingerprint density at radius 3 is 1.00 bits per heavy atom. The van der Waals surface area contributed by atoms with E-state index >= 15 is 0 Å². The molecule has 0 fully saturated rings. The van der Waals surface area contributed by atoms with Crippen LogP contribution in [0.5, 0.6) is 0 Å². The summed E-state index contributed by atoms with van der Waals surface area (Å²) in [6.07, 6.45) is 25.1. The highest BCUT2D eigenvalue weighted by atomic mass is 16.6. The molecule has 0 aliphatic carbocycles. The van der Waals surface area contributed by atoms with Crippen molar-refractivity contribution in [2.24, 2.45) is 0 Å². The maximum absolute atomic E-state index is 10.3. The van der Waals surface area contributed by atoms with E-state index in [-0.39, 0.29) is 13.2 Å². The molecular weight excluding hydrogens is 472 g/mol. The van der Waals surface area contributed by atoms with Crippen LogP contribution in [0, 0.1) is 0 Å². The lowest BCUT2D eigenvalue weighted by Crippen LogP contribution is -2.14. The molecule has 0 aromatic rings. The molecule has 0 rings (SSSR count). The first-order chi connectivity index (χ1) is 18.3. The zero-order chi connectivity index (χ0) is 26.9. The van der Waals surface area contributed by atoms with Gasteiger partial charge in [-0.05, 0) is 6.42 Å². The topological polar surface area (TPSA) is 83.5 Å². The first-order valence-corrected chi connectivity index (χ1v) is 15.4. The van der Waals surface area contributed by atoms with Gasteiger partial charge in [0.05, 0.1) is 52.9 Å². The van der Waals surface area contributed by atoms with Crippen molar-refractivity contribution in [3.63, 3.8) is 0 Å². The van der Waals surface area contributed by atoms with Crippen LogP contribution in [0.1, 0.15) is 122 Å². The van der Waals surface area contributed by atoms with Crippen LogP contribution in [0.3, 0.4) is 0 Å². The Bertz CT molecular complexity index is 434. The highest BCUT2D eigenvalue weighted by molar-refractivity contribution is 5.67. The Balaban J connectivity index is 3.02. The van der Waals surface area contributed by atoms with E-state index in [9.17, 15) is 4.79 Å². The molecule has 0 unspecified atom stereocenters. The van der Waals surface area contributed by atoms with Crippen molar-refractivity contribution in [3.8, 4) is 0 Å². The molecule has 37 heavy (non-hydrogen) atoms. The van der Waals surface area contributed by atoms with Crippen LogP contribution in [-0.4, -0.2) is 77.1 Å². The summed E-state index contributed by atoms with van der Waals surface area (Å²) in [6.45, 7) is 6.71. The molecule has 1 N–H and O–H groups in total. The summed E-state index contributed by atoms with van der Waals surface area (Å²) in [7, 11) is 0. The molecule has 7 nitrogen and oxygen atoms in total. The molecule has 0 heterocycles. The first-order valence-electron chi connectivity index (χ1n) is 15.4. The third-order valence-electron chi connectivity index (χ3n) is 6.36. The fourth-order valence-electron chi connectivity index (χ4n) is 4.14. The second-order valence-corrected chi connectivity index (χ2v) is 9.91. The average molecular weight is 533 g/mol. The lowest BCUT2D eigenvalue weighted by Gasteiger charge is -2.07. The molecule has 7 heteroatoms. The standard InChI is InChI=1S/C30H60O7/c1-2-3-4-5-6-7-8-9-10-11-12-13-14-15-16-17-18-19-20-33-21-22-34-23-24-35-25-26-36-27-28-37-29-30(31)32/h2-29H2,1H3,(H,31,32). The van der Waals surface area contributed by atoms with E-state index < -0.39 is 5.97 Å². The second-order valence-electron chi connectivity index (χ2n) is 9.91. The number of carboxylic acid groups (broad SMARTS) is 1. The number of carbonyl (C=O) groups is 1. The summed E-state index contributed by atoms with van der Waals surface area (Å²) in [5.41, 5.74) is 0. The number of ether oxygens (including phenoxy) is 5. The van der Waals surface area contributed by atoms with Crippen LogP contribution in [0.4, 0.5) is 0 Å². The molecule has 0 atom stereocenters. The van der Waals surface area contributed by atoms with Gasteiger partial charge in [-0.25, -0.2) is 4.79 Å². The average Bonchev–Trinajstić information content (AvgIpc) is 2.89. The molecular formula is C30H60O7. The Kier molecular flexibility index (Phi) is 32.6. The number of carboxylic acids is 1. The molecule has 0 aromatic carbocycles. The minimum atomic E-state index is -0.973. The van der Waals surface area contributed by atoms with E-state index in [1.54, 1.807) is 0 Å². The minimum Gasteiger partial charge on any atom is -0.480 e. The Labute approximate surface area is 228 Å². The van der Waals surface area contributed by atoms with E-state index in [1.807, 2.05) is 0 Å². The van der Waals surface area contributed by atoms with Crippen molar-refractivity contribution in [1.82, 2.24) is 0 Å². The van der Waals surface area contributed by atoms with Gasteiger partial charge in [-0.2, -0.15) is 0 Å². The first kappa shape index (κ1) is 36.3. The molecule has 0 radical (unpaired) electrons. The summed E-state index contributed by atoms with van der Waals surface area (Å²) in [6, 6.07) is 0. The lowest BCUT2D eigenvalue weighted by atomic mass is 10.0. The zero-order valence-corrected chi connectivity index (χ0v) is 24.2. The van der Waals surface area contributed by atoms with Gasteiger partial charge in [-0.3, -0.25) is 0 Å². The number of unbranched alkanes of at least 4 members (excludes halogenated alkanes) is 17. The quantitative estimate of drug-likeness (QED) is 0.0895. The highest BCUT2D eigenvalue weighted by Crippen LogP contribution is 2.14. The van der Waals surface area contributed by atoms with Crippen molar-refractivity contribution >= 4 is 5.97 Å². The van der Waals surface area contributed by atoms with Gasteiger partial charge in [0.15, 0.2) is 0 Å². The second kappa shape index (κ2) is 33.3. The fraction of sp³-hybridized carbons (Fsp3) is 0.967. The summed E-state index contributed by atoms with van der Waals surface area (Å²) in [5, 5.41) is 8.42. The largest absolute Gasteiger partial charge is 0.480 e. The Morgan fingerprint density at radius 1 is 0.405 bits per heavy atom. The predicted octanol–water partition coefficient (Wildman–Crippen LogP) is 7.20. The third-order valence-corrected chi connectivity index (χ3v) is 6.36. The van der Waals surface area contributed by atoms with E-state index in [0.717, 1.165) is 13.0 Å². The minimum absolute atomic E-state index is 0.273. The van der Waals surface area contributed by atoms with Crippen molar-refractivity contribution in [2.45, 2.75) is 122 Å². The highest BCUT2D eigenvalue weighted by Gasteiger charge is 1.97. The van der Waals surface area contributed by atoms with Crippen LogP contribution in [0.25, 0.3) is 0 Å². The van der Waals surface area contributed by atoms with Gasteiger partial charge in [0.2, 0.25) is 0 Å². The molecule has 0 aliphatic rings. The van der Waals surface area contributed by atoms with E-state index in [1.165, 1.54) is 109 Å². The molecule has 0 bridgehead atoms. The van der Waals surface area contributed by atoms with Crippen molar-refractivity contribution in [3.05, 3.63) is 0 Å². The van der Waals surface area contributed by atoms with Gasteiger partial charge in [0.1, 0.15) is 6.61 Å². The van der Waals surface area contributed by atoms with Gasteiger partial charge in [0, 0.05) is 6.61 Å². The van der Waals surface area contributed by atoms with Crippen molar-refractivity contribution in [1.29, 1.82) is 0 Å². The van der Waals surface area contributed by atoms with Crippen LogP contribution >= 0.6 is 0 Å². The predicted molar refractivity (Wildman–Crippen MR) is 151 cm³/mol. The maximum Gasteiger partial charge on any atom is 0.329 e. The van der Waals surface area contributed by atoms with Crippen molar-refractivity contribution < 1.29 is 33.6 Å². The summed E-state index contributed by atoms with van der Waals surface area (Å²) >= 11 is 0. The van der Waals surface area contributed by atoms with E-state index in [4.69, 9.17) is 28.8 Å².